The van der Waals surface area contributed by atoms with Crippen molar-refractivity contribution in [1.29, 1.82) is 0 Å². The molecule has 14 rings (SSSR count). The van der Waals surface area contributed by atoms with Crippen LogP contribution in [-0.4, -0.2) is 9.13 Å². The predicted molar refractivity (Wildman–Crippen MR) is 271 cm³/mol. The lowest BCUT2D eigenvalue weighted by Crippen LogP contribution is -1.97. The van der Waals surface area contributed by atoms with Crippen LogP contribution in [-0.2, 0) is 0 Å². The van der Waals surface area contributed by atoms with Gasteiger partial charge in [0.1, 0.15) is 0 Å². The first-order valence-electron chi connectivity index (χ1n) is 22.2. The molecule has 64 heavy (non-hydrogen) atoms. The van der Waals surface area contributed by atoms with Gasteiger partial charge in [0.05, 0.1) is 27.8 Å². The summed E-state index contributed by atoms with van der Waals surface area (Å²) in [6, 6.07) is 85.3. The molecule has 0 radical (unpaired) electrons. The van der Waals surface area contributed by atoms with Crippen LogP contribution in [0, 0.1) is 0 Å². The highest BCUT2D eigenvalue weighted by Gasteiger charge is 2.23. The normalized spacial score (nSPS) is 12.1. The van der Waals surface area contributed by atoms with E-state index in [9.17, 15) is 0 Å². The fourth-order valence-electron chi connectivity index (χ4n) is 11.0. The van der Waals surface area contributed by atoms with Gasteiger partial charge in [0.25, 0.3) is 0 Å². The minimum Gasteiger partial charge on any atom is -0.309 e. The van der Waals surface area contributed by atoms with Crippen LogP contribution in [0.25, 0.3) is 132 Å². The predicted octanol–water partition coefficient (Wildman–Crippen LogP) is 16.8. The monoisotopic (exact) mass is 810 g/mol. The number of aromatic nitrogens is 2. The van der Waals surface area contributed by atoms with Gasteiger partial charge in [-0.1, -0.05) is 176 Å². The second-order valence-corrected chi connectivity index (χ2v) is 17.2. The Kier molecular flexibility index (Phi) is 7.43. The second-order valence-electron chi connectivity index (χ2n) is 17.2. The maximum absolute atomic E-state index is 2.49. The summed E-state index contributed by atoms with van der Waals surface area (Å²) in [4.78, 5) is 0. The van der Waals surface area contributed by atoms with Gasteiger partial charge in [-0.2, -0.15) is 0 Å². The van der Waals surface area contributed by atoms with Crippen LogP contribution in [0.5, 0.6) is 0 Å². The van der Waals surface area contributed by atoms with E-state index < -0.39 is 0 Å². The van der Waals surface area contributed by atoms with Crippen molar-refractivity contribution >= 4 is 65.2 Å². The summed E-state index contributed by atoms with van der Waals surface area (Å²) in [6.07, 6.45) is 0. The van der Waals surface area contributed by atoms with E-state index in [1.165, 1.54) is 126 Å². The molecule has 0 atom stereocenters. The fourth-order valence-corrected chi connectivity index (χ4v) is 11.0. The second kappa shape index (κ2) is 13.5. The van der Waals surface area contributed by atoms with E-state index in [0.717, 1.165) is 5.69 Å². The number of rotatable bonds is 5. The van der Waals surface area contributed by atoms with Crippen LogP contribution < -0.4 is 0 Å². The fraction of sp³-hybridized carbons (Fsp3) is 0. The average molecular weight is 811 g/mol. The van der Waals surface area contributed by atoms with Crippen molar-refractivity contribution in [2.75, 3.05) is 0 Å². The van der Waals surface area contributed by atoms with Crippen LogP contribution in [0.2, 0.25) is 0 Å². The Hall–Kier alpha value is -8.46. The zero-order valence-electron chi connectivity index (χ0n) is 34.8. The molecule has 2 heteroatoms. The molecule has 11 aromatic carbocycles. The lowest BCUT2D eigenvalue weighted by molar-refractivity contribution is 1.18. The van der Waals surface area contributed by atoms with Crippen molar-refractivity contribution in [3.8, 4) is 67.0 Å². The average Bonchev–Trinajstić information content (AvgIpc) is 4.00. The molecule has 0 N–H and O–H groups in total. The maximum atomic E-state index is 2.49. The Morgan fingerprint density at radius 1 is 0.250 bits per heavy atom. The summed E-state index contributed by atoms with van der Waals surface area (Å²) in [5.41, 5.74) is 19.7. The number of hydrogen-bond donors (Lipinski definition) is 0. The lowest BCUT2D eigenvalue weighted by atomic mass is 9.97. The van der Waals surface area contributed by atoms with E-state index >= 15 is 0 Å². The van der Waals surface area contributed by atoms with Crippen molar-refractivity contribution in [3.63, 3.8) is 0 Å². The van der Waals surface area contributed by atoms with E-state index in [0.29, 0.717) is 0 Å². The number of para-hydroxylation sites is 2. The van der Waals surface area contributed by atoms with Crippen LogP contribution in [0.1, 0.15) is 0 Å². The first-order chi connectivity index (χ1) is 31.7. The summed E-state index contributed by atoms with van der Waals surface area (Å²) in [5.74, 6) is 0. The molecule has 0 bridgehead atoms. The number of nitrogens with zero attached hydrogens (tertiary/aromatic N) is 2. The molecule has 2 aromatic heterocycles. The SMILES string of the molecule is c1ccc(-c2ccccc2-n2c3ccc(-c4ccc5c(c4)c4ccccc4n5-c4cccc(-c5ccc6c(c5)-c5cccc7cccc-6c57)c4)cc3c3ccc4ccccc4c32)cc1. The summed E-state index contributed by atoms with van der Waals surface area (Å²) in [5, 5.41) is 10.1. The van der Waals surface area contributed by atoms with Gasteiger partial charge in [-0.05, 0) is 121 Å². The van der Waals surface area contributed by atoms with Gasteiger partial charge in [-0.25, -0.2) is 0 Å². The van der Waals surface area contributed by atoms with Gasteiger partial charge < -0.3 is 9.13 Å². The van der Waals surface area contributed by atoms with Crippen LogP contribution in [0.3, 0.4) is 0 Å². The molecule has 0 aliphatic heterocycles. The smallest absolute Gasteiger partial charge is 0.0619 e. The Morgan fingerprint density at radius 3 is 1.67 bits per heavy atom. The first-order valence-corrected chi connectivity index (χ1v) is 22.2. The molecule has 0 unspecified atom stereocenters. The molecule has 0 fully saturated rings. The Bertz CT molecular complexity index is 4060. The van der Waals surface area contributed by atoms with Crippen molar-refractivity contribution in [2.45, 2.75) is 0 Å². The topological polar surface area (TPSA) is 9.86 Å². The van der Waals surface area contributed by atoms with Gasteiger partial charge in [-0.3, -0.25) is 0 Å². The molecule has 0 spiro atoms. The minimum absolute atomic E-state index is 1.15. The molecule has 2 heterocycles. The van der Waals surface area contributed by atoms with E-state index in [4.69, 9.17) is 0 Å². The van der Waals surface area contributed by atoms with Crippen molar-refractivity contribution < 1.29 is 0 Å². The van der Waals surface area contributed by atoms with Crippen LogP contribution >= 0.6 is 0 Å². The van der Waals surface area contributed by atoms with E-state index in [1.807, 2.05) is 0 Å². The highest BCUT2D eigenvalue weighted by molar-refractivity contribution is 6.20. The quantitative estimate of drug-likeness (QED) is 0.164. The van der Waals surface area contributed by atoms with Gasteiger partial charge in [0.15, 0.2) is 0 Å². The summed E-state index contributed by atoms with van der Waals surface area (Å²) in [7, 11) is 0. The minimum atomic E-state index is 1.15. The summed E-state index contributed by atoms with van der Waals surface area (Å²) < 4.78 is 4.93. The third-order valence-electron chi connectivity index (χ3n) is 13.8. The van der Waals surface area contributed by atoms with E-state index in [-0.39, 0.29) is 0 Å². The molecule has 0 amide bonds. The molecule has 1 aliphatic carbocycles. The third kappa shape index (κ3) is 5.08. The van der Waals surface area contributed by atoms with Gasteiger partial charge >= 0.3 is 0 Å². The van der Waals surface area contributed by atoms with Crippen molar-refractivity contribution in [1.82, 2.24) is 9.13 Å². The number of hydrogen-bond acceptors (Lipinski definition) is 0. The molecule has 0 saturated carbocycles. The largest absolute Gasteiger partial charge is 0.309 e. The lowest BCUT2D eigenvalue weighted by Gasteiger charge is -2.15. The molecule has 2 nitrogen and oxygen atoms in total. The van der Waals surface area contributed by atoms with Gasteiger partial charge in [0.2, 0.25) is 0 Å². The summed E-state index contributed by atoms with van der Waals surface area (Å²) >= 11 is 0. The van der Waals surface area contributed by atoms with Crippen LogP contribution in [0.15, 0.2) is 231 Å². The van der Waals surface area contributed by atoms with E-state index in [2.05, 4.69) is 240 Å². The van der Waals surface area contributed by atoms with Gasteiger partial charge in [0, 0.05) is 38.2 Å². The zero-order chi connectivity index (χ0) is 41.9. The van der Waals surface area contributed by atoms with Crippen LogP contribution in [0.4, 0.5) is 0 Å². The van der Waals surface area contributed by atoms with Crippen molar-refractivity contribution in [2.24, 2.45) is 0 Å². The van der Waals surface area contributed by atoms with E-state index in [1.54, 1.807) is 0 Å². The first kappa shape index (κ1) is 35.2. The highest BCUT2D eigenvalue weighted by atomic mass is 15.0. The maximum Gasteiger partial charge on any atom is 0.0619 e. The molecule has 0 saturated heterocycles. The molecular formula is C62H38N2. The van der Waals surface area contributed by atoms with Crippen molar-refractivity contribution in [3.05, 3.63) is 231 Å². The highest BCUT2D eigenvalue weighted by Crippen LogP contribution is 2.49. The number of fused-ring (bicyclic) bond motifs is 11. The Morgan fingerprint density at radius 2 is 0.828 bits per heavy atom. The molecular weight excluding hydrogens is 773 g/mol. The zero-order valence-corrected chi connectivity index (χ0v) is 34.8. The van der Waals surface area contributed by atoms with Gasteiger partial charge in [-0.15, -0.1) is 0 Å². The summed E-state index contributed by atoms with van der Waals surface area (Å²) in [6.45, 7) is 0. The third-order valence-corrected chi connectivity index (χ3v) is 13.8. The Labute approximate surface area is 370 Å². The molecule has 1 aliphatic rings. The standard InChI is InChI=1S/C62H38N2/c1-2-13-39(14-3-1)47-20-6-8-25-57(47)64-60-34-30-45(38-56(60)53-32-27-40-15-4-5-21-48(40)62(53)64)44-29-33-59-55(37-44)50-22-7-9-26-58(50)63(59)46-19-10-18-42(35-46)43-28-31-49-51-23-11-16-41-17-12-24-52(61(41)51)54(49)36-43/h1-38H. The Balaban J connectivity index is 0.913. The number of benzene rings is 11. The molecule has 296 valence electrons. The molecule has 13 aromatic rings.